The number of rotatable bonds is 6. The highest BCUT2D eigenvalue weighted by atomic mass is 35.5. The lowest BCUT2D eigenvalue weighted by Gasteiger charge is -2.06. The van der Waals surface area contributed by atoms with Gasteiger partial charge in [-0.15, -0.1) is 0 Å². The Kier molecular flexibility index (Phi) is 5.36. The summed E-state index contributed by atoms with van der Waals surface area (Å²) in [6.45, 7) is 2.54. The molecule has 1 heterocycles. The number of aromatic nitrogens is 1. The van der Waals surface area contributed by atoms with Crippen LogP contribution in [0.15, 0.2) is 59.3 Å². The van der Waals surface area contributed by atoms with Gasteiger partial charge in [-0.25, -0.2) is 0 Å². The quantitative estimate of drug-likeness (QED) is 0.702. The van der Waals surface area contributed by atoms with Gasteiger partial charge in [0, 0.05) is 5.02 Å². The SMILES string of the molecule is CCOc1ccc(CC(=O)Nc2oncc2-c2ccc(Cl)cc2)cc1. The molecule has 5 nitrogen and oxygen atoms in total. The van der Waals surface area contributed by atoms with Crippen molar-refractivity contribution in [1.82, 2.24) is 5.16 Å². The van der Waals surface area contributed by atoms with Crippen molar-refractivity contribution in [3.05, 3.63) is 65.3 Å². The number of benzene rings is 2. The molecular weight excluding hydrogens is 340 g/mol. The number of amides is 1. The molecule has 128 valence electrons. The molecule has 0 unspecified atom stereocenters. The van der Waals surface area contributed by atoms with Gasteiger partial charge in [0.1, 0.15) is 5.75 Å². The average molecular weight is 357 g/mol. The molecule has 1 aromatic heterocycles. The summed E-state index contributed by atoms with van der Waals surface area (Å²) in [5, 5.41) is 7.17. The van der Waals surface area contributed by atoms with Crippen molar-refractivity contribution in [3.63, 3.8) is 0 Å². The van der Waals surface area contributed by atoms with Crippen molar-refractivity contribution in [2.45, 2.75) is 13.3 Å². The normalized spacial score (nSPS) is 10.5. The average Bonchev–Trinajstić information content (AvgIpc) is 3.05. The third kappa shape index (κ3) is 4.39. The van der Waals surface area contributed by atoms with Gasteiger partial charge < -0.3 is 9.26 Å². The maximum Gasteiger partial charge on any atom is 0.239 e. The molecule has 0 atom stereocenters. The highest BCUT2D eigenvalue weighted by molar-refractivity contribution is 6.30. The number of nitrogens with one attached hydrogen (secondary N) is 1. The van der Waals surface area contributed by atoms with Crippen LogP contribution in [0.4, 0.5) is 5.88 Å². The number of carbonyl (C=O) groups excluding carboxylic acids is 1. The van der Waals surface area contributed by atoms with Crippen LogP contribution in [-0.2, 0) is 11.2 Å². The molecule has 3 rings (SSSR count). The summed E-state index contributed by atoms with van der Waals surface area (Å²) in [5.74, 6) is 0.918. The lowest BCUT2D eigenvalue weighted by atomic mass is 10.1. The number of ether oxygens (including phenoxy) is 1. The van der Waals surface area contributed by atoms with Crippen LogP contribution in [0, 0.1) is 0 Å². The molecule has 2 aromatic carbocycles. The van der Waals surface area contributed by atoms with E-state index >= 15 is 0 Å². The fourth-order valence-corrected chi connectivity index (χ4v) is 2.52. The first kappa shape index (κ1) is 17.0. The second-order valence-corrected chi connectivity index (χ2v) is 5.81. The van der Waals surface area contributed by atoms with E-state index in [1.807, 2.05) is 43.3 Å². The Morgan fingerprint density at radius 3 is 2.56 bits per heavy atom. The van der Waals surface area contributed by atoms with E-state index < -0.39 is 0 Å². The maximum atomic E-state index is 12.3. The molecule has 6 heteroatoms. The molecule has 0 aliphatic heterocycles. The maximum absolute atomic E-state index is 12.3. The Hall–Kier alpha value is -2.79. The first-order valence-electron chi connectivity index (χ1n) is 7.88. The van der Waals surface area contributed by atoms with Gasteiger partial charge in [-0.3, -0.25) is 10.1 Å². The number of nitrogens with zero attached hydrogens (tertiary/aromatic N) is 1. The molecule has 0 spiro atoms. The van der Waals surface area contributed by atoms with E-state index in [0.29, 0.717) is 23.1 Å². The predicted molar refractivity (Wildman–Crippen MR) is 96.9 cm³/mol. The highest BCUT2D eigenvalue weighted by Gasteiger charge is 2.14. The van der Waals surface area contributed by atoms with Crippen LogP contribution < -0.4 is 10.1 Å². The van der Waals surface area contributed by atoms with Gasteiger partial charge in [0.05, 0.1) is 24.8 Å². The predicted octanol–water partition coefficient (Wildman–Crippen LogP) is 4.57. The van der Waals surface area contributed by atoms with Crippen molar-refractivity contribution < 1.29 is 14.1 Å². The summed E-state index contributed by atoms with van der Waals surface area (Å²) in [5.41, 5.74) is 2.45. The highest BCUT2D eigenvalue weighted by Crippen LogP contribution is 2.28. The molecule has 1 N–H and O–H groups in total. The topological polar surface area (TPSA) is 64.4 Å². The summed E-state index contributed by atoms with van der Waals surface area (Å²) < 4.78 is 10.6. The van der Waals surface area contributed by atoms with Gasteiger partial charge in [-0.2, -0.15) is 0 Å². The van der Waals surface area contributed by atoms with Gasteiger partial charge in [-0.1, -0.05) is 41.0 Å². The van der Waals surface area contributed by atoms with Crippen LogP contribution in [0.1, 0.15) is 12.5 Å². The number of carbonyl (C=O) groups is 1. The largest absolute Gasteiger partial charge is 0.494 e. The number of halogens is 1. The fourth-order valence-electron chi connectivity index (χ4n) is 2.39. The van der Waals surface area contributed by atoms with Crippen molar-refractivity contribution in [1.29, 1.82) is 0 Å². The summed E-state index contributed by atoms with van der Waals surface area (Å²) >= 11 is 5.90. The molecule has 0 bridgehead atoms. The van der Waals surface area contributed by atoms with Crippen LogP contribution in [0.2, 0.25) is 5.02 Å². The second-order valence-electron chi connectivity index (χ2n) is 5.38. The Bertz CT molecular complexity index is 842. The molecule has 1 amide bonds. The summed E-state index contributed by atoms with van der Waals surface area (Å²) in [7, 11) is 0. The van der Waals surface area contributed by atoms with E-state index in [4.69, 9.17) is 20.9 Å². The molecule has 0 saturated heterocycles. The molecular formula is C19H17ClN2O3. The minimum absolute atomic E-state index is 0.184. The summed E-state index contributed by atoms with van der Waals surface area (Å²) in [6, 6.07) is 14.7. The van der Waals surface area contributed by atoms with Crippen LogP contribution in [0.3, 0.4) is 0 Å². The van der Waals surface area contributed by atoms with Crippen molar-refractivity contribution in [3.8, 4) is 16.9 Å². The monoisotopic (exact) mass is 356 g/mol. The van der Waals surface area contributed by atoms with Crippen LogP contribution in [-0.4, -0.2) is 17.7 Å². The van der Waals surface area contributed by atoms with E-state index in [0.717, 1.165) is 16.9 Å². The van der Waals surface area contributed by atoms with E-state index in [9.17, 15) is 4.79 Å². The van der Waals surface area contributed by atoms with Gasteiger partial charge in [-0.05, 0) is 42.3 Å². The van der Waals surface area contributed by atoms with Crippen molar-refractivity contribution >= 4 is 23.4 Å². The lowest BCUT2D eigenvalue weighted by molar-refractivity contribution is -0.115. The number of hydrogen-bond donors (Lipinski definition) is 1. The Morgan fingerprint density at radius 1 is 1.16 bits per heavy atom. The summed E-state index contributed by atoms with van der Waals surface area (Å²) in [6.07, 6.45) is 1.79. The van der Waals surface area contributed by atoms with Gasteiger partial charge in [0.25, 0.3) is 0 Å². The van der Waals surface area contributed by atoms with E-state index in [1.54, 1.807) is 18.3 Å². The van der Waals surface area contributed by atoms with Crippen LogP contribution in [0.25, 0.3) is 11.1 Å². The minimum atomic E-state index is -0.184. The van der Waals surface area contributed by atoms with E-state index in [1.165, 1.54) is 0 Å². The molecule has 0 aliphatic carbocycles. The first-order valence-corrected chi connectivity index (χ1v) is 8.25. The number of anilines is 1. The molecule has 0 fully saturated rings. The molecule has 3 aromatic rings. The Labute approximate surface area is 150 Å². The van der Waals surface area contributed by atoms with Crippen LogP contribution in [0.5, 0.6) is 5.75 Å². The van der Waals surface area contributed by atoms with E-state index in [2.05, 4.69) is 10.5 Å². The third-order valence-electron chi connectivity index (χ3n) is 3.58. The van der Waals surface area contributed by atoms with Crippen LogP contribution >= 0.6 is 11.6 Å². The van der Waals surface area contributed by atoms with Gasteiger partial charge in [0.15, 0.2) is 0 Å². The zero-order valence-electron chi connectivity index (χ0n) is 13.7. The van der Waals surface area contributed by atoms with E-state index in [-0.39, 0.29) is 12.3 Å². The lowest BCUT2D eigenvalue weighted by Crippen LogP contribution is -2.14. The van der Waals surface area contributed by atoms with Gasteiger partial charge in [0.2, 0.25) is 11.8 Å². The smallest absolute Gasteiger partial charge is 0.239 e. The standard InChI is InChI=1S/C19H17ClN2O3/c1-2-24-16-9-3-13(4-10-16)11-18(23)22-19-17(12-21-25-19)14-5-7-15(20)8-6-14/h3-10,12H,2,11H2,1H3,(H,22,23). The summed E-state index contributed by atoms with van der Waals surface area (Å²) in [4.78, 5) is 12.3. The van der Waals surface area contributed by atoms with Crippen molar-refractivity contribution in [2.75, 3.05) is 11.9 Å². The Morgan fingerprint density at radius 2 is 1.88 bits per heavy atom. The molecule has 0 aliphatic rings. The molecule has 25 heavy (non-hydrogen) atoms. The zero-order chi connectivity index (χ0) is 17.6. The molecule has 0 radical (unpaired) electrons. The van der Waals surface area contributed by atoms with Crippen molar-refractivity contribution in [2.24, 2.45) is 0 Å². The van der Waals surface area contributed by atoms with Gasteiger partial charge >= 0.3 is 0 Å². The second kappa shape index (κ2) is 7.85. The number of hydrogen-bond acceptors (Lipinski definition) is 4. The molecule has 0 saturated carbocycles. The minimum Gasteiger partial charge on any atom is -0.494 e. The zero-order valence-corrected chi connectivity index (χ0v) is 14.4. The first-order chi connectivity index (χ1) is 12.2. The third-order valence-corrected chi connectivity index (χ3v) is 3.83. The fraction of sp³-hybridized carbons (Fsp3) is 0.158. The Balaban J connectivity index is 1.67.